The molecule has 0 amide bonds. The molecule has 0 bridgehead atoms. The maximum Gasteiger partial charge on any atom is 0.258 e. The first kappa shape index (κ1) is 17.3. The minimum atomic E-state index is -0.0898. The van der Waals surface area contributed by atoms with Crippen molar-refractivity contribution in [2.24, 2.45) is 0 Å². The summed E-state index contributed by atoms with van der Waals surface area (Å²) in [6, 6.07) is 9.01. The number of halogens is 1. The van der Waals surface area contributed by atoms with Gasteiger partial charge in [-0.05, 0) is 43.7 Å². The molecule has 130 valence electrons. The number of pyridine rings is 2. The van der Waals surface area contributed by atoms with E-state index >= 15 is 0 Å². The number of hydrogen-bond acceptors (Lipinski definition) is 4. The summed E-state index contributed by atoms with van der Waals surface area (Å²) in [4.78, 5) is 17.1. The van der Waals surface area contributed by atoms with Gasteiger partial charge in [-0.3, -0.25) is 4.79 Å². The fourth-order valence-electron chi connectivity index (χ4n) is 2.86. The molecule has 3 aromatic rings. The smallest absolute Gasteiger partial charge is 0.258 e. The second kappa shape index (κ2) is 7.15. The van der Waals surface area contributed by atoms with Gasteiger partial charge in [-0.2, -0.15) is 0 Å². The van der Waals surface area contributed by atoms with Crippen molar-refractivity contribution in [2.75, 3.05) is 13.7 Å². The fraction of sp³-hybridized carbons (Fsp3) is 0.263. The normalized spacial score (nSPS) is 10.9. The van der Waals surface area contributed by atoms with E-state index in [0.29, 0.717) is 35.4 Å². The monoisotopic (exact) mass is 358 g/mol. The van der Waals surface area contributed by atoms with Crippen molar-refractivity contribution >= 4 is 22.5 Å². The zero-order valence-corrected chi connectivity index (χ0v) is 15.1. The Bertz CT molecular complexity index is 982. The lowest BCUT2D eigenvalue weighted by molar-refractivity contribution is 0.336. The molecule has 0 aliphatic heterocycles. The Balaban J connectivity index is 2.29. The molecule has 0 unspecified atom stereocenters. The Labute approximate surface area is 150 Å². The largest absolute Gasteiger partial charge is 0.497 e. The van der Waals surface area contributed by atoms with Gasteiger partial charge in [0.2, 0.25) is 0 Å². The second-order valence-corrected chi connectivity index (χ2v) is 5.89. The summed E-state index contributed by atoms with van der Waals surface area (Å²) in [6.45, 7) is 4.91. The molecule has 0 saturated carbocycles. The van der Waals surface area contributed by atoms with E-state index in [4.69, 9.17) is 21.1 Å². The second-order valence-electron chi connectivity index (χ2n) is 5.50. The van der Waals surface area contributed by atoms with Crippen LogP contribution < -0.4 is 15.0 Å². The van der Waals surface area contributed by atoms with Crippen LogP contribution in [0, 0.1) is 0 Å². The van der Waals surface area contributed by atoms with Crippen molar-refractivity contribution < 1.29 is 9.47 Å². The van der Waals surface area contributed by atoms with Gasteiger partial charge in [0.1, 0.15) is 16.7 Å². The number of aryl methyl sites for hydroxylation is 1. The first-order chi connectivity index (χ1) is 12.1. The number of methoxy groups -OCH3 is 1. The Hall–Kier alpha value is -2.53. The van der Waals surface area contributed by atoms with Crippen molar-refractivity contribution in [3.63, 3.8) is 0 Å². The van der Waals surface area contributed by atoms with E-state index in [1.165, 1.54) is 0 Å². The summed E-state index contributed by atoms with van der Waals surface area (Å²) in [6.07, 6.45) is 1.68. The molecule has 0 aliphatic rings. The third kappa shape index (κ3) is 3.33. The molecule has 1 aromatic carbocycles. The van der Waals surface area contributed by atoms with Crippen LogP contribution in [0.25, 0.3) is 22.0 Å². The first-order valence-corrected chi connectivity index (χ1v) is 8.46. The first-order valence-electron chi connectivity index (χ1n) is 8.08. The summed E-state index contributed by atoms with van der Waals surface area (Å²) < 4.78 is 12.6. The molecule has 0 fully saturated rings. The summed E-state index contributed by atoms with van der Waals surface area (Å²) in [5, 5.41) is 1.21. The lowest BCUT2D eigenvalue weighted by atomic mass is 10.0. The van der Waals surface area contributed by atoms with Gasteiger partial charge in [-0.1, -0.05) is 11.6 Å². The van der Waals surface area contributed by atoms with Crippen LogP contribution in [0.5, 0.6) is 11.5 Å². The van der Waals surface area contributed by atoms with Gasteiger partial charge in [0.15, 0.2) is 0 Å². The van der Waals surface area contributed by atoms with Crippen LogP contribution in [0.3, 0.4) is 0 Å². The maximum absolute atomic E-state index is 13.0. The number of rotatable bonds is 5. The Morgan fingerprint density at radius 1 is 1.12 bits per heavy atom. The SMILES string of the molecule is CCOc1cc(OC)cc(-c2cc3cnc(Cl)cc3n(CC)c2=O)c1. The lowest BCUT2D eigenvalue weighted by Gasteiger charge is -2.13. The van der Waals surface area contributed by atoms with E-state index in [-0.39, 0.29) is 5.56 Å². The van der Waals surface area contributed by atoms with Crippen LogP contribution in [-0.2, 0) is 6.54 Å². The van der Waals surface area contributed by atoms with Gasteiger partial charge < -0.3 is 14.0 Å². The topological polar surface area (TPSA) is 53.4 Å². The molecule has 2 heterocycles. The van der Waals surface area contributed by atoms with Gasteiger partial charge in [-0.15, -0.1) is 0 Å². The van der Waals surface area contributed by atoms with Gasteiger partial charge in [0.05, 0.1) is 19.2 Å². The molecule has 0 radical (unpaired) electrons. The molecule has 3 rings (SSSR count). The quantitative estimate of drug-likeness (QED) is 0.643. The van der Waals surface area contributed by atoms with Crippen LogP contribution in [-0.4, -0.2) is 23.3 Å². The lowest BCUT2D eigenvalue weighted by Crippen LogP contribution is -2.21. The summed E-state index contributed by atoms with van der Waals surface area (Å²) in [5.41, 5.74) is 1.99. The van der Waals surface area contributed by atoms with E-state index in [0.717, 1.165) is 16.5 Å². The molecule has 0 N–H and O–H groups in total. The number of nitrogens with zero attached hydrogens (tertiary/aromatic N) is 2. The number of aromatic nitrogens is 2. The minimum absolute atomic E-state index is 0.0898. The zero-order chi connectivity index (χ0) is 18.0. The Morgan fingerprint density at radius 3 is 2.56 bits per heavy atom. The van der Waals surface area contributed by atoms with Crippen molar-refractivity contribution in [3.05, 3.63) is 52.0 Å². The molecule has 0 saturated heterocycles. The van der Waals surface area contributed by atoms with E-state index in [9.17, 15) is 4.79 Å². The summed E-state index contributed by atoms with van der Waals surface area (Å²) in [7, 11) is 1.59. The van der Waals surface area contributed by atoms with Gasteiger partial charge in [-0.25, -0.2) is 4.98 Å². The predicted octanol–water partition coefficient (Wildman–Crippen LogP) is 4.14. The third-order valence-electron chi connectivity index (χ3n) is 4.00. The number of fused-ring (bicyclic) bond motifs is 1. The van der Waals surface area contributed by atoms with E-state index in [1.54, 1.807) is 30.0 Å². The average Bonchev–Trinajstić information content (AvgIpc) is 2.61. The molecule has 0 atom stereocenters. The molecule has 25 heavy (non-hydrogen) atoms. The molecule has 2 aromatic heterocycles. The highest BCUT2D eigenvalue weighted by molar-refractivity contribution is 6.30. The van der Waals surface area contributed by atoms with Crippen molar-refractivity contribution in [2.45, 2.75) is 20.4 Å². The standard InChI is InChI=1S/C19H19ClN2O3/c1-4-22-17-10-18(20)21-11-13(17)8-16(19(22)23)12-6-14(24-3)9-15(7-12)25-5-2/h6-11H,4-5H2,1-3H3. The molecular weight excluding hydrogens is 340 g/mol. The van der Waals surface area contributed by atoms with Crippen LogP contribution in [0.4, 0.5) is 0 Å². The fourth-order valence-corrected chi connectivity index (χ4v) is 3.02. The minimum Gasteiger partial charge on any atom is -0.497 e. The number of hydrogen-bond donors (Lipinski definition) is 0. The van der Waals surface area contributed by atoms with Crippen LogP contribution >= 0.6 is 11.6 Å². The number of ether oxygens (including phenoxy) is 2. The van der Waals surface area contributed by atoms with E-state index < -0.39 is 0 Å². The number of benzene rings is 1. The average molecular weight is 359 g/mol. The highest BCUT2D eigenvalue weighted by Gasteiger charge is 2.13. The van der Waals surface area contributed by atoms with Crippen molar-refractivity contribution in [1.29, 1.82) is 0 Å². The molecule has 6 heteroatoms. The van der Waals surface area contributed by atoms with Gasteiger partial charge in [0.25, 0.3) is 5.56 Å². The Morgan fingerprint density at radius 2 is 1.88 bits per heavy atom. The van der Waals surface area contributed by atoms with Crippen molar-refractivity contribution in [3.8, 4) is 22.6 Å². The van der Waals surface area contributed by atoms with E-state index in [1.807, 2.05) is 32.0 Å². The highest BCUT2D eigenvalue weighted by Crippen LogP contribution is 2.30. The summed E-state index contributed by atoms with van der Waals surface area (Å²) in [5.74, 6) is 1.30. The van der Waals surface area contributed by atoms with Gasteiger partial charge in [0, 0.05) is 29.8 Å². The van der Waals surface area contributed by atoms with Crippen LogP contribution in [0.1, 0.15) is 13.8 Å². The molecule has 0 aliphatic carbocycles. The molecular formula is C19H19ClN2O3. The molecule has 5 nitrogen and oxygen atoms in total. The summed E-state index contributed by atoms with van der Waals surface area (Å²) >= 11 is 5.99. The Kier molecular flexibility index (Phi) is 4.95. The van der Waals surface area contributed by atoms with Crippen molar-refractivity contribution in [1.82, 2.24) is 9.55 Å². The van der Waals surface area contributed by atoms with Gasteiger partial charge >= 0.3 is 0 Å². The van der Waals surface area contributed by atoms with Crippen LogP contribution in [0.2, 0.25) is 5.15 Å². The predicted molar refractivity (Wildman–Crippen MR) is 99.8 cm³/mol. The zero-order valence-electron chi connectivity index (χ0n) is 14.4. The third-order valence-corrected chi connectivity index (χ3v) is 4.21. The van der Waals surface area contributed by atoms with Crippen LogP contribution in [0.15, 0.2) is 41.3 Å². The highest BCUT2D eigenvalue weighted by atomic mass is 35.5. The molecule has 0 spiro atoms. The van der Waals surface area contributed by atoms with E-state index in [2.05, 4.69) is 4.98 Å². The maximum atomic E-state index is 13.0.